The van der Waals surface area contributed by atoms with E-state index in [1.54, 1.807) is 0 Å². The number of esters is 1. The standard InChI is InChI=1S/C12H14O6/c1-17-6-10(13)7-18-12(16)9-4-2-8(3-5-9)11(14)15/h2-5,10,13H,6-7H2,1H3,(H,14,15). The summed E-state index contributed by atoms with van der Waals surface area (Å²) < 4.78 is 9.50. The maximum absolute atomic E-state index is 11.5. The molecule has 0 amide bonds. The fourth-order valence-corrected chi connectivity index (χ4v) is 1.24. The van der Waals surface area contributed by atoms with Crippen LogP contribution in [-0.2, 0) is 9.47 Å². The molecule has 0 fully saturated rings. The molecule has 0 bridgehead atoms. The van der Waals surface area contributed by atoms with Crippen molar-refractivity contribution in [2.45, 2.75) is 6.10 Å². The Hall–Kier alpha value is -1.92. The van der Waals surface area contributed by atoms with Crippen molar-refractivity contribution in [2.75, 3.05) is 20.3 Å². The van der Waals surface area contributed by atoms with E-state index in [2.05, 4.69) is 4.74 Å². The maximum Gasteiger partial charge on any atom is 0.338 e. The molecule has 1 rings (SSSR count). The van der Waals surface area contributed by atoms with Gasteiger partial charge in [0.25, 0.3) is 0 Å². The van der Waals surface area contributed by atoms with Gasteiger partial charge in [-0.25, -0.2) is 9.59 Å². The highest BCUT2D eigenvalue weighted by atomic mass is 16.5. The number of hydrogen-bond acceptors (Lipinski definition) is 5. The summed E-state index contributed by atoms with van der Waals surface area (Å²) >= 11 is 0. The van der Waals surface area contributed by atoms with E-state index in [1.165, 1.54) is 31.4 Å². The van der Waals surface area contributed by atoms with Gasteiger partial charge in [0.15, 0.2) is 0 Å². The van der Waals surface area contributed by atoms with Crippen molar-refractivity contribution in [3.63, 3.8) is 0 Å². The van der Waals surface area contributed by atoms with Crippen molar-refractivity contribution >= 4 is 11.9 Å². The molecule has 98 valence electrons. The Morgan fingerprint density at radius 2 is 1.72 bits per heavy atom. The van der Waals surface area contributed by atoms with Crippen molar-refractivity contribution in [1.29, 1.82) is 0 Å². The van der Waals surface area contributed by atoms with Crippen molar-refractivity contribution < 1.29 is 29.3 Å². The van der Waals surface area contributed by atoms with E-state index in [4.69, 9.17) is 9.84 Å². The van der Waals surface area contributed by atoms with Gasteiger partial charge in [-0.2, -0.15) is 0 Å². The monoisotopic (exact) mass is 254 g/mol. The Labute approximate surface area is 104 Å². The molecule has 0 heterocycles. The number of carbonyl (C=O) groups excluding carboxylic acids is 1. The van der Waals surface area contributed by atoms with Crippen LogP contribution >= 0.6 is 0 Å². The molecule has 1 atom stereocenters. The molecule has 0 aliphatic heterocycles. The van der Waals surface area contributed by atoms with Crippen LogP contribution < -0.4 is 0 Å². The molecule has 0 saturated carbocycles. The third-order valence-electron chi connectivity index (χ3n) is 2.13. The van der Waals surface area contributed by atoms with Gasteiger partial charge < -0.3 is 19.7 Å². The van der Waals surface area contributed by atoms with E-state index in [-0.39, 0.29) is 24.3 Å². The summed E-state index contributed by atoms with van der Waals surface area (Å²) in [5.74, 6) is -1.69. The van der Waals surface area contributed by atoms with E-state index in [9.17, 15) is 14.7 Å². The summed E-state index contributed by atoms with van der Waals surface area (Å²) in [6, 6.07) is 5.33. The summed E-state index contributed by atoms with van der Waals surface area (Å²) in [5, 5.41) is 18.0. The molecule has 6 heteroatoms. The van der Waals surface area contributed by atoms with E-state index >= 15 is 0 Å². The van der Waals surface area contributed by atoms with Gasteiger partial charge >= 0.3 is 11.9 Å². The second-order valence-electron chi connectivity index (χ2n) is 3.59. The zero-order valence-corrected chi connectivity index (χ0v) is 9.83. The lowest BCUT2D eigenvalue weighted by atomic mass is 10.1. The normalized spacial score (nSPS) is 11.9. The Kier molecular flexibility index (Phi) is 5.29. The van der Waals surface area contributed by atoms with Gasteiger partial charge in [-0.1, -0.05) is 0 Å². The fourth-order valence-electron chi connectivity index (χ4n) is 1.24. The number of benzene rings is 1. The lowest BCUT2D eigenvalue weighted by Gasteiger charge is -2.10. The number of carbonyl (C=O) groups is 2. The average molecular weight is 254 g/mol. The fraction of sp³-hybridized carbons (Fsp3) is 0.333. The highest BCUT2D eigenvalue weighted by Crippen LogP contribution is 2.06. The molecule has 2 N–H and O–H groups in total. The van der Waals surface area contributed by atoms with Crippen LogP contribution in [0.25, 0.3) is 0 Å². The molecule has 0 aliphatic rings. The largest absolute Gasteiger partial charge is 0.478 e. The van der Waals surface area contributed by atoms with Crippen molar-refractivity contribution in [2.24, 2.45) is 0 Å². The van der Waals surface area contributed by atoms with E-state index < -0.39 is 18.0 Å². The topological polar surface area (TPSA) is 93.1 Å². The molecule has 1 aromatic rings. The van der Waals surface area contributed by atoms with Crippen molar-refractivity contribution in [3.8, 4) is 0 Å². The van der Waals surface area contributed by atoms with Crippen LogP contribution in [-0.4, -0.2) is 48.6 Å². The second-order valence-corrected chi connectivity index (χ2v) is 3.59. The number of ether oxygens (including phenoxy) is 2. The van der Waals surface area contributed by atoms with Crippen LogP contribution in [0.2, 0.25) is 0 Å². The van der Waals surface area contributed by atoms with Gasteiger partial charge in [0.1, 0.15) is 12.7 Å². The van der Waals surface area contributed by atoms with Gasteiger partial charge in [0.05, 0.1) is 17.7 Å². The number of aliphatic hydroxyl groups excluding tert-OH is 1. The quantitative estimate of drug-likeness (QED) is 0.720. The summed E-state index contributed by atoms with van der Waals surface area (Å²) in [6.07, 6.45) is -0.878. The number of rotatable bonds is 6. The zero-order chi connectivity index (χ0) is 13.5. The zero-order valence-electron chi connectivity index (χ0n) is 9.83. The minimum atomic E-state index is -1.06. The number of carboxylic acids is 1. The van der Waals surface area contributed by atoms with Gasteiger partial charge in [-0.3, -0.25) is 0 Å². The molecule has 0 aromatic heterocycles. The molecule has 0 saturated heterocycles. The van der Waals surface area contributed by atoms with Gasteiger partial charge in [-0.05, 0) is 24.3 Å². The number of methoxy groups -OCH3 is 1. The average Bonchev–Trinajstić information content (AvgIpc) is 2.36. The Bertz CT molecular complexity index is 411. The first-order valence-electron chi connectivity index (χ1n) is 5.22. The molecule has 1 unspecified atom stereocenters. The van der Waals surface area contributed by atoms with Crippen LogP contribution in [0.1, 0.15) is 20.7 Å². The Balaban J connectivity index is 2.54. The van der Waals surface area contributed by atoms with Crippen molar-refractivity contribution in [3.05, 3.63) is 35.4 Å². The highest BCUT2D eigenvalue weighted by molar-refractivity contribution is 5.92. The van der Waals surface area contributed by atoms with E-state index in [0.29, 0.717) is 0 Å². The molecular formula is C12H14O6. The van der Waals surface area contributed by atoms with Gasteiger partial charge in [0, 0.05) is 7.11 Å². The molecule has 0 spiro atoms. The Morgan fingerprint density at radius 1 is 1.17 bits per heavy atom. The third-order valence-corrected chi connectivity index (χ3v) is 2.13. The molecule has 6 nitrogen and oxygen atoms in total. The predicted octanol–water partition coefficient (Wildman–Crippen LogP) is 0.549. The summed E-state index contributed by atoms with van der Waals surface area (Å²) in [4.78, 5) is 22.1. The number of aliphatic hydroxyl groups is 1. The first kappa shape index (κ1) is 14.1. The van der Waals surface area contributed by atoms with Crippen molar-refractivity contribution in [1.82, 2.24) is 0 Å². The maximum atomic E-state index is 11.5. The Morgan fingerprint density at radius 3 is 2.22 bits per heavy atom. The lowest BCUT2D eigenvalue weighted by molar-refractivity contribution is 0.000133. The molecular weight excluding hydrogens is 240 g/mol. The lowest BCUT2D eigenvalue weighted by Crippen LogP contribution is -2.23. The van der Waals surface area contributed by atoms with Gasteiger partial charge in [-0.15, -0.1) is 0 Å². The van der Waals surface area contributed by atoms with Crippen LogP contribution in [0.15, 0.2) is 24.3 Å². The number of aromatic carboxylic acids is 1. The van der Waals surface area contributed by atoms with Crippen LogP contribution in [0, 0.1) is 0 Å². The van der Waals surface area contributed by atoms with E-state index in [1.807, 2.05) is 0 Å². The molecule has 0 aliphatic carbocycles. The number of hydrogen-bond donors (Lipinski definition) is 2. The third kappa shape index (κ3) is 4.15. The van der Waals surface area contributed by atoms with E-state index in [0.717, 1.165) is 0 Å². The first-order chi connectivity index (χ1) is 8.54. The van der Waals surface area contributed by atoms with Gasteiger partial charge in [0.2, 0.25) is 0 Å². The van der Waals surface area contributed by atoms with Crippen LogP contribution in [0.4, 0.5) is 0 Å². The first-order valence-corrected chi connectivity index (χ1v) is 5.22. The molecule has 0 radical (unpaired) electrons. The summed E-state index contributed by atoms with van der Waals surface area (Å²) in [6.45, 7) is -0.0986. The summed E-state index contributed by atoms with van der Waals surface area (Å²) in [7, 11) is 1.43. The second kappa shape index (κ2) is 6.73. The number of carboxylic acid groups (broad SMARTS) is 1. The minimum absolute atomic E-state index is 0.0746. The molecule has 1 aromatic carbocycles. The van der Waals surface area contributed by atoms with Crippen LogP contribution in [0.5, 0.6) is 0 Å². The smallest absolute Gasteiger partial charge is 0.338 e. The highest BCUT2D eigenvalue weighted by Gasteiger charge is 2.11. The molecule has 18 heavy (non-hydrogen) atoms. The van der Waals surface area contributed by atoms with Crippen LogP contribution in [0.3, 0.4) is 0 Å². The minimum Gasteiger partial charge on any atom is -0.478 e. The summed E-state index contributed by atoms with van der Waals surface area (Å²) in [5.41, 5.74) is 0.315. The predicted molar refractivity (Wildman–Crippen MR) is 61.6 cm³/mol. The SMILES string of the molecule is COCC(O)COC(=O)c1ccc(C(=O)O)cc1.